The summed E-state index contributed by atoms with van der Waals surface area (Å²) in [5.41, 5.74) is 13.5. The van der Waals surface area contributed by atoms with Gasteiger partial charge in [-0.05, 0) is 90.3 Å². The molecule has 0 amide bonds. The van der Waals surface area contributed by atoms with Crippen LogP contribution in [0.5, 0.6) is 0 Å². The van der Waals surface area contributed by atoms with E-state index in [0.717, 1.165) is 75.2 Å². The first-order valence-corrected chi connectivity index (χ1v) is 29.1. The molecular formula is C78H67N3O3. The lowest BCUT2D eigenvalue weighted by Gasteiger charge is -2.21. The molecule has 0 atom stereocenters. The van der Waals surface area contributed by atoms with E-state index in [1.165, 1.54) is 70.2 Å². The Hall–Kier alpha value is -10.2. The number of hydrogen-bond donors (Lipinski definition) is 1. The van der Waals surface area contributed by atoms with Gasteiger partial charge in [0, 0.05) is 79.2 Å². The topological polar surface area (TPSA) is 92.8 Å². The molecule has 84 heavy (non-hydrogen) atoms. The summed E-state index contributed by atoms with van der Waals surface area (Å²) in [4.78, 5) is 46.8. The van der Waals surface area contributed by atoms with Crippen LogP contribution in [0.15, 0.2) is 298 Å². The van der Waals surface area contributed by atoms with Crippen LogP contribution in [0.1, 0.15) is 104 Å². The van der Waals surface area contributed by atoms with Crippen LogP contribution in [0.2, 0.25) is 0 Å². The second kappa shape index (κ2) is 29.5. The number of carbonyl (C=O) groups excluding carboxylic acids is 3. The van der Waals surface area contributed by atoms with Gasteiger partial charge in [0.15, 0.2) is 17.3 Å². The molecule has 10 aromatic carbocycles. The van der Waals surface area contributed by atoms with Gasteiger partial charge in [-0.25, -0.2) is 0 Å². The summed E-state index contributed by atoms with van der Waals surface area (Å²) >= 11 is 0. The van der Waals surface area contributed by atoms with Crippen molar-refractivity contribution in [3.8, 4) is 11.1 Å². The fourth-order valence-corrected chi connectivity index (χ4v) is 10.9. The molecule has 0 aliphatic heterocycles. The van der Waals surface area contributed by atoms with Crippen LogP contribution in [0.25, 0.3) is 54.7 Å². The molecule has 16 rings (SSSR count). The number of fused-ring (bicyclic) bond motifs is 9. The van der Waals surface area contributed by atoms with Crippen molar-refractivity contribution in [1.82, 2.24) is 15.0 Å². The van der Waals surface area contributed by atoms with Gasteiger partial charge in [0.05, 0.1) is 11.0 Å². The van der Waals surface area contributed by atoms with Crippen LogP contribution >= 0.6 is 0 Å². The molecule has 1 saturated carbocycles. The number of rotatable bonds is 3. The Morgan fingerprint density at radius 3 is 1.26 bits per heavy atom. The number of pyridine rings is 2. The number of ketones is 3. The van der Waals surface area contributed by atoms with E-state index in [0.29, 0.717) is 5.78 Å². The number of hydrogen-bond acceptors (Lipinski definition) is 5. The second-order valence-electron chi connectivity index (χ2n) is 20.8. The lowest BCUT2D eigenvalue weighted by Crippen LogP contribution is -2.09. The molecule has 1 N–H and O–H groups in total. The second-order valence-corrected chi connectivity index (χ2v) is 20.8. The number of benzene rings is 10. The highest BCUT2D eigenvalue weighted by Gasteiger charge is 2.25. The van der Waals surface area contributed by atoms with Crippen molar-refractivity contribution in [2.75, 3.05) is 0 Å². The van der Waals surface area contributed by atoms with Crippen molar-refractivity contribution in [2.24, 2.45) is 0 Å². The van der Waals surface area contributed by atoms with Crippen LogP contribution in [0.3, 0.4) is 0 Å². The molecule has 3 aliphatic rings. The summed E-state index contributed by atoms with van der Waals surface area (Å²) in [7, 11) is 0. The third-order valence-electron chi connectivity index (χ3n) is 15.2. The molecule has 0 radical (unpaired) electrons. The summed E-state index contributed by atoms with van der Waals surface area (Å²) < 4.78 is 0. The predicted octanol–water partition coefficient (Wildman–Crippen LogP) is 19.5. The van der Waals surface area contributed by atoms with Crippen molar-refractivity contribution in [2.45, 2.75) is 57.3 Å². The van der Waals surface area contributed by atoms with Crippen LogP contribution < -0.4 is 0 Å². The fraction of sp³-hybridized carbons (Fsp3) is 0.115. The van der Waals surface area contributed by atoms with Gasteiger partial charge in [-0.1, -0.05) is 268 Å². The zero-order valence-electron chi connectivity index (χ0n) is 47.1. The van der Waals surface area contributed by atoms with Crippen molar-refractivity contribution in [3.63, 3.8) is 0 Å². The maximum atomic E-state index is 11.9. The Bertz CT molecular complexity index is 3880. The molecule has 1 fully saturated rings. The number of aryl methyl sites for hydroxylation is 1. The summed E-state index contributed by atoms with van der Waals surface area (Å²) in [5, 5.41) is 5.01. The van der Waals surface area contributed by atoms with Gasteiger partial charge in [-0.2, -0.15) is 0 Å². The van der Waals surface area contributed by atoms with Gasteiger partial charge >= 0.3 is 0 Å². The quantitative estimate of drug-likeness (QED) is 0.178. The van der Waals surface area contributed by atoms with Crippen LogP contribution in [0, 0.1) is 0 Å². The third-order valence-corrected chi connectivity index (χ3v) is 15.2. The molecular weight excluding hydrogens is 1030 g/mol. The van der Waals surface area contributed by atoms with Gasteiger partial charge in [0.25, 0.3) is 0 Å². The number of nitrogens with one attached hydrogen (secondary N) is 1. The smallest absolute Gasteiger partial charge is 0.194 e. The third kappa shape index (κ3) is 15.0. The average molecular weight is 1090 g/mol. The number of H-pyrrole nitrogens is 1. The molecule has 6 heteroatoms. The van der Waals surface area contributed by atoms with Gasteiger partial charge < -0.3 is 4.98 Å². The highest BCUT2D eigenvalue weighted by Crippen LogP contribution is 2.36. The number of para-hydroxylation sites is 4. The van der Waals surface area contributed by atoms with E-state index in [4.69, 9.17) is 0 Å². The largest absolute Gasteiger partial charge is 0.355 e. The van der Waals surface area contributed by atoms with Gasteiger partial charge in [-0.15, -0.1) is 0 Å². The van der Waals surface area contributed by atoms with E-state index in [2.05, 4.69) is 118 Å². The van der Waals surface area contributed by atoms with Crippen LogP contribution in [0.4, 0.5) is 0 Å². The number of carbonyl (C=O) groups is 3. The molecule has 3 aliphatic carbocycles. The number of aromatic nitrogens is 3. The van der Waals surface area contributed by atoms with Crippen molar-refractivity contribution in [1.29, 1.82) is 0 Å². The van der Waals surface area contributed by atoms with E-state index in [-0.39, 0.29) is 11.6 Å². The zero-order valence-corrected chi connectivity index (χ0v) is 47.1. The first kappa shape index (κ1) is 57.1. The minimum atomic E-state index is 0.0752. The minimum absolute atomic E-state index is 0.0752. The van der Waals surface area contributed by atoms with Crippen molar-refractivity contribution in [3.05, 3.63) is 336 Å². The maximum Gasteiger partial charge on any atom is 0.194 e. The molecule has 13 aromatic rings. The van der Waals surface area contributed by atoms with E-state index >= 15 is 0 Å². The first-order chi connectivity index (χ1) is 41.5. The van der Waals surface area contributed by atoms with Gasteiger partial charge in [-0.3, -0.25) is 24.4 Å². The average Bonchev–Trinajstić information content (AvgIpc) is 3.56. The summed E-state index contributed by atoms with van der Waals surface area (Å²) in [6.45, 7) is 0. The van der Waals surface area contributed by atoms with E-state index < -0.39 is 0 Å². The molecule has 412 valence electrons. The minimum Gasteiger partial charge on any atom is -0.355 e. The fourth-order valence-electron chi connectivity index (χ4n) is 10.9. The number of Topliss-reactive ketones (excluding diaryl/α,β-unsaturated/α-hetero) is 1. The molecule has 3 aromatic heterocycles. The molecule has 0 spiro atoms. The highest BCUT2D eigenvalue weighted by atomic mass is 16.1. The normalized spacial score (nSPS) is 12.7. The Kier molecular flexibility index (Phi) is 20.1. The highest BCUT2D eigenvalue weighted by molar-refractivity contribution is 6.21. The monoisotopic (exact) mass is 1090 g/mol. The van der Waals surface area contributed by atoms with E-state index in [9.17, 15) is 14.4 Å². The lowest BCUT2D eigenvalue weighted by atomic mass is 9.84. The SMILES string of the molecule is O=C(c1ccccc1)c1ccccc1.O=C1CCCc2ccccc21.O=C1c2ccccc2-c2ccccc21.c1ccc(C2CCCCC2)cc1.c1ccc2c(c1)[nH]c1ccccc12.c1ccc2ncccc2c1.c1ccc2ncccc2c1. The Morgan fingerprint density at radius 2 is 0.762 bits per heavy atom. The Labute approximate surface area is 492 Å². The molecule has 0 bridgehead atoms. The van der Waals surface area contributed by atoms with E-state index in [1.54, 1.807) is 5.56 Å². The molecule has 0 saturated heterocycles. The maximum absolute atomic E-state index is 11.9. The number of nitrogens with zero attached hydrogens (tertiary/aromatic N) is 2. The standard InChI is InChI=1S/C13H8O.C13H10O.C12H9N.C12H16.C10H10O.2C9H7N/c14-13-11-7-3-1-5-9(11)10-6-2-4-8-12(10)13;14-13(11-7-3-1-4-8-11)12-9-5-2-6-10-12;1-3-7-11-9(5-1)10-6-2-4-8-12(10)13-11;1-3-7-11(8-4-1)12-9-5-2-6-10-12;11-10-7-3-5-8-4-1-2-6-9(8)10;2*1-2-6-9-8(4-1)5-3-7-10-9/h1-8H;1-10H;1-8,13H;1,3-4,7-8,12H,2,5-6,9-10H2;1-2,4,6H,3,5,7H2;2*1-7H. The summed E-state index contributed by atoms with van der Waals surface area (Å²) in [5.74, 6) is 1.40. The van der Waals surface area contributed by atoms with Crippen molar-refractivity contribution >= 4 is 61.0 Å². The zero-order chi connectivity index (χ0) is 57.6. The lowest BCUT2D eigenvalue weighted by molar-refractivity contribution is 0.0970. The summed E-state index contributed by atoms with van der Waals surface area (Å²) in [6.07, 6.45) is 13.6. The number of aromatic amines is 1. The van der Waals surface area contributed by atoms with Gasteiger partial charge in [0.2, 0.25) is 0 Å². The van der Waals surface area contributed by atoms with Crippen LogP contribution in [-0.4, -0.2) is 32.3 Å². The molecule has 3 heterocycles. The first-order valence-electron chi connectivity index (χ1n) is 29.1. The van der Waals surface area contributed by atoms with E-state index in [1.807, 2.05) is 194 Å². The Morgan fingerprint density at radius 1 is 0.357 bits per heavy atom. The van der Waals surface area contributed by atoms with Crippen molar-refractivity contribution < 1.29 is 14.4 Å². The Balaban J connectivity index is 0.000000110. The van der Waals surface area contributed by atoms with Crippen LogP contribution in [-0.2, 0) is 6.42 Å². The summed E-state index contributed by atoms with van der Waals surface area (Å²) in [6, 6.07) is 93.9. The molecule has 0 unspecified atom stereocenters. The predicted molar refractivity (Wildman–Crippen MR) is 347 cm³/mol. The van der Waals surface area contributed by atoms with Gasteiger partial charge in [0.1, 0.15) is 0 Å². The molecule has 6 nitrogen and oxygen atoms in total.